The van der Waals surface area contributed by atoms with E-state index in [1.807, 2.05) is 70.3 Å². The number of rotatable bonds is 2. The lowest BCUT2D eigenvalue weighted by molar-refractivity contribution is -0.0270. The van der Waals surface area contributed by atoms with E-state index < -0.39 is 11.2 Å². The Balaban J connectivity index is 2.02. The zero-order valence-electron chi connectivity index (χ0n) is 12.8. The molecule has 2 heterocycles. The summed E-state index contributed by atoms with van der Waals surface area (Å²) in [5, 5.41) is 1.52. The van der Waals surface area contributed by atoms with Gasteiger partial charge in [-0.2, -0.15) is 0 Å². The molecule has 4 nitrogen and oxygen atoms in total. The first-order valence-electron chi connectivity index (χ1n) is 7.08. The molecular formula is C17H20N2O2. The van der Waals surface area contributed by atoms with Crippen LogP contribution in [0.3, 0.4) is 0 Å². The SMILES string of the molecule is CC1(C)ON(c2ccncc2-c2ccccc2)OC1(C)C. The predicted octanol–water partition coefficient (Wildman–Crippen LogP) is 3.99. The van der Waals surface area contributed by atoms with Gasteiger partial charge in [-0.1, -0.05) is 30.3 Å². The Kier molecular flexibility index (Phi) is 3.23. The Bertz CT molecular complexity index is 622. The van der Waals surface area contributed by atoms with E-state index >= 15 is 0 Å². The summed E-state index contributed by atoms with van der Waals surface area (Å²) in [4.78, 5) is 16.2. The van der Waals surface area contributed by atoms with Gasteiger partial charge in [0.05, 0.1) is 0 Å². The standard InChI is InChI=1S/C17H20N2O2/c1-16(2)17(3,4)21-19(20-16)15-10-11-18-12-14(15)13-8-6-5-7-9-13/h5-12H,1-4H3. The Hall–Kier alpha value is -1.91. The summed E-state index contributed by atoms with van der Waals surface area (Å²) in [7, 11) is 0. The highest BCUT2D eigenvalue weighted by atomic mass is 17.0. The molecule has 1 fully saturated rings. The number of hydrogen-bond acceptors (Lipinski definition) is 4. The van der Waals surface area contributed by atoms with Crippen molar-refractivity contribution >= 4 is 5.69 Å². The second-order valence-corrected chi connectivity index (χ2v) is 6.22. The number of aromatic nitrogens is 1. The quantitative estimate of drug-likeness (QED) is 0.835. The van der Waals surface area contributed by atoms with Crippen LogP contribution < -0.4 is 5.23 Å². The molecule has 0 atom stereocenters. The van der Waals surface area contributed by atoms with Crippen molar-refractivity contribution in [3.8, 4) is 11.1 Å². The minimum absolute atomic E-state index is 0.412. The average Bonchev–Trinajstić information content (AvgIpc) is 2.68. The molecule has 110 valence electrons. The molecule has 0 saturated carbocycles. The Morgan fingerprint density at radius 1 is 0.905 bits per heavy atom. The molecule has 0 amide bonds. The van der Waals surface area contributed by atoms with Crippen molar-refractivity contribution < 1.29 is 9.68 Å². The number of hydrogen-bond donors (Lipinski definition) is 0. The van der Waals surface area contributed by atoms with Gasteiger partial charge in [0.1, 0.15) is 16.9 Å². The van der Waals surface area contributed by atoms with Crippen LogP contribution in [-0.4, -0.2) is 16.2 Å². The third-order valence-corrected chi connectivity index (χ3v) is 4.15. The van der Waals surface area contributed by atoms with Gasteiger partial charge < -0.3 is 0 Å². The number of benzene rings is 1. The van der Waals surface area contributed by atoms with Gasteiger partial charge in [-0.3, -0.25) is 4.98 Å². The molecule has 1 aliphatic rings. The largest absolute Gasteiger partial charge is 0.264 e. The van der Waals surface area contributed by atoms with Crippen molar-refractivity contribution in [2.75, 3.05) is 5.23 Å². The Morgan fingerprint density at radius 3 is 2.14 bits per heavy atom. The van der Waals surface area contributed by atoms with E-state index in [2.05, 4.69) is 4.98 Å². The summed E-state index contributed by atoms with van der Waals surface area (Å²) in [6.45, 7) is 8.10. The van der Waals surface area contributed by atoms with Gasteiger partial charge in [0.2, 0.25) is 0 Å². The minimum atomic E-state index is -0.412. The molecular weight excluding hydrogens is 264 g/mol. The monoisotopic (exact) mass is 284 g/mol. The van der Waals surface area contributed by atoms with Crippen LogP contribution in [0.15, 0.2) is 48.8 Å². The van der Waals surface area contributed by atoms with Crippen LogP contribution in [0.4, 0.5) is 5.69 Å². The predicted molar refractivity (Wildman–Crippen MR) is 82.5 cm³/mol. The van der Waals surface area contributed by atoms with E-state index in [0.717, 1.165) is 16.8 Å². The van der Waals surface area contributed by atoms with Crippen molar-refractivity contribution in [1.29, 1.82) is 0 Å². The van der Waals surface area contributed by atoms with Gasteiger partial charge in [-0.15, -0.1) is 5.23 Å². The van der Waals surface area contributed by atoms with E-state index in [1.54, 1.807) is 6.20 Å². The molecule has 0 radical (unpaired) electrons. The van der Waals surface area contributed by atoms with Crippen LogP contribution in [-0.2, 0) is 9.68 Å². The molecule has 21 heavy (non-hydrogen) atoms. The van der Waals surface area contributed by atoms with Crippen LogP contribution in [0, 0.1) is 0 Å². The van der Waals surface area contributed by atoms with E-state index in [1.165, 1.54) is 5.23 Å². The molecule has 0 aliphatic carbocycles. The fourth-order valence-corrected chi connectivity index (χ4v) is 2.14. The van der Waals surface area contributed by atoms with Crippen molar-refractivity contribution in [3.05, 3.63) is 48.8 Å². The summed E-state index contributed by atoms with van der Waals surface area (Å²) >= 11 is 0. The zero-order valence-corrected chi connectivity index (χ0v) is 12.8. The fourth-order valence-electron chi connectivity index (χ4n) is 2.14. The van der Waals surface area contributed by atoms with Crippen LogP contribution in [0.1, 0.15) is 27.7 Å². The van der Waals surface area contributed by atoms with E-state index in [4.69, 9.17) is 9.68 Å². The van der Waals surface area contributed by atoms with Crippen molar-refractivity contribution in [2.24, 2.45) is 0 Å². The van der Waals surface area contributed by atoms with Crippen LogP contribution in [0.5, 0.6) is 0 Å². The summed E-state index contributed by atoms with van der Waals surface area (Å²) in [5.74, 6) is 0. The molecule has 3 rings (SSSR count). The van der Waals surface area contributed by atoms with E-state index in [-0.39, 0.29) is 0 Å². The third-order valence-electron chi connectivity index (χ3n) is 4.15. The molecule has 2 aromatic rings. The van der Waals surface area contributed by atoms with Gasteiger partial charge >= 0.3 is 0 Å². The lowest BCUT2D eigenvalue weighted by atomic mass is 9.90. The van der Waals surface area contributed by atoms with Gasteiger partial charge in [0, 0.05) is 18.0 Å². The van der Waals surface area contributed by atoms with E-state index in [0.29, 0.717) is 0 Å². The Morgan fingerprint density at radius 2 is 1.52 bits per heavy atom. The topological polar surface area (TPSA) is 34.6 Å². The summed E-state index contributed by atoms with van der Waals surface area (Å²) in [6, 6.07) is 12.0. The highest BCUT2D eigenvalue weighted by Crippen LogP contribution is 2.42. The second-order valence-electron chi connectivity index (χ2n) is 6.22. The molecule has 1 aromatic carbocycles. The first-order valence-corrected chi connectivity index (χ1v) is 7.08. The molecule has 0 N–H and O–H groups in total. The first-order chi connectivity index (χ1) is 9.91. The van der Waals surface area contributed by atoms with Crippen LogP contribution >= 0.6 is 0 Å². The van der Waals surface area contributed by atoms with Gasteiger partial charge in [-0.05, 0) is 39.3 Å². The number of anilines is 1. The van der Waals surface area contributed by atoms with Crippen LogP contribution in [0.2, 0.25) is 0 Å². The molecule has 0 unspecified atom stereocenters. The summed E-state index contributed by atoms with van der Waals surface area (Å²) in [5.41, 5.74) is 2.09. The normalized spacial score (nSPS) is 19.7. The number of pyridine rings is 1. The maximum Gasteiger partial charge on any atom is 0.124 e. The fraction of sp³-hybridized carbons (Fsp3) is 0.353. The second kappa shape index (κ2) is 4.83. The molecule has 1 saturated heterocycles. The highest BCUT2D eigenvalue weighted by molar-refractivity contribution is 5.76. The number of nitrogens with zero attached hydrogens (tertiary/aromatic N) is 2. The minimum Gasteiger partial charge on any atom is -0.264 e. The Labute approximate surface area is 125 Å². The molecule has 0 bridgehead atoms. The highest BCUT2D eigenvalue weighted by Gasteiger charge is 2.50. The lowest BCUT2D eigenvalue weighted by Crippen LogP contribution is -2.41. The summed E-state index contributed by atoms with van der Waals surface area (Å²) in [6.07, 6.45) is 3.57. The van der Waals surface area contributed by atoms with Gasteiger partial charge in [-0.25, -0.2) is 9.68 Å². The van der Waals surface area contributed by atoms with Crippen molar-refractivity contribution in [1.82, 2.24) is 4.98 Å². The smallest absolute Gasteiger partial charge is 0.124 e. The average molecular weight is 284 g/mol. The molecule has 1 aliphatic heterocycles. The molecule has 0 spiro atoms. The molecule has 4 heteroatoms. The maximum atomic E-state index is 6.00. The lowest BCUT2D eigenvalue weighted by Gasteiger charge is -2.26. The van der Waals surface area contributed by atoms with Gasteiger partial charge in [0.25, 0.3) is 0 Å². The van der Waals surface area contributed by atoms with Gasteiger partial charge in [0.15, 0.2) is 0 Å². The van der Waals surface area contributed by atoms with Crippen LogP contribution in [0.25, 0.3) is 11.1 Å². The summed E-state index contributed by atoms with van der Waals surface area (Å²) < 4.78 is 0. The third kappa shape index (κ3) is 2.41. The van der Waals surface area contributed by atoms with E-state index in [9.17, 15) is 0 Å². The maximum absolute atomic E-state index is 6.00. The molecule has 1 aromatic heterocycles. The van der Waals surface area contributed by atoms with Crippen molar-refractivity contribution in [3.63, 3.8) is 0 Å². The van der Waals surface area contributed by atoms with Crippen molar-refractivity contribution in [2.45, 2.75) is 38.9 Å². The first kappa shape index (κ1) is 14.0. The zero-order chi connectivity index (χ0) is 15.1.